The molecule has 0 fully saturated rings. The zero-order valence-electron chi connectivity index (χ0n) is 13.3. The lowest BCUT2D eigenvalue weighted by Crippen LogP contribution is -2.26. The molecule has 1 heterocycles. The van der Waals surface area contributed by atoms with Gasteiger partial charge < -0.3 is 14.8 Å². The van der Waals surface area contributed by atoms with Crippen molar-refractivity contribution in [3.05, 3.63) is 70.6 Å². The smallest absolute Gasteiger partial charge is 0.349 e. The third-order valence-electron chi connectivity index (χ3n) is 3.50. The van der Waals surface area contributed by atoms with Gasteiger partial charge in [-0.3, -0.25) is 5.43 Å². The van der Waals surface area contributed by atoms with Gasteiger partial charge in [0.05, 0.1) is 11.1 Å². The maximum Gasteiger partial charge on any atom is 0.349 e. The molecule has 0 aliphatic carbocycles. The average molecular weight is 353 g/mol. The Kier molecular flexibility index (Phi) is 4.76. The number of anilines is 1. The van der Waals surface area contributed by atoms with Crippen LogP contribution in [-0.2, 0) is 0 Å². The quantitative estimate of drug-likeness (QED) is 0.290. The van der Waals surface area contributed by atoms with E-state index in [1.165, 1.54) is 0 Å². The topological polar surface area (TPSA) is 86.9 Å². The number of hydrazone groups is 1. The normalized spacial score (nSPS) is 11.3. The van der Waals surface area contributed by atoms with Gasteiger partial charge in [-0.15, -0.1) is 0 Å². The van der Waals surface area contributed by atoms with Crippen molar-refractivity contribution in [3.8, 4) is 5.75 Å². The van der Waals surface area contributed by atoms with E-state index < -0.39 is 5.63 Å². The molecular formula is C18H15N3O3S. The van der Waals surface area contributed by atoms with E-state index in [0.29, 0.717) is 11.0 Å². The molecule has 0 aliphatic heterocycles. The number of fused-ring (bicyclic) bond motifs is 1. The van der Waals surface area contributed by atoms with Crippen molar-refractivity contribution < 1.29 is 9.52 Å². The van der Waals surface area contributed by atoms with Crippen molar-refractivity contribution >= 4 is 39.7 Å². The van der Waals surface area contributed by atoms with Crippen molar-refractivity contribution in [3.63, 3.8) is 0 Å². The maximum atomic E-state index is 12.1. The second-order valence-electron chi connectivity index (χ2n) is 5.24. The lowest BCUT2D eigenvalue weighted by Gasteiger charge is -2.09. The van der Waals surface area contributed by atoms with Crippen LogP contribution < -0.4 is 16.4 Å². The van der Waals surface area contributed by atoms with E-state index >= 15 is 0 Å². The summed E-state index contributed by atoms with van der Waals surface area (Å²) in [7, 11) is 0. The van der Waals surface area contributed by atoms with E-state index in [9.17, 15) is 9.90 Å². The SMILES string of the molecule is C/C(=N\NC(=S)Nc1ccccc1)c1c(O)c2ccccc2oc1=O. The van der Waals surface area contributed by atoms with Gasteiger partial charge in [0.15, 0.2) is 5.11 Å². The number of aromatic hydroxyl groups is 1. The molecule has 0 radical (unpaired) electrons. The first-order chi connectivity index (χ1) is 12.1. The highest BCUT2D eigenvalue weighted by Crippen LogP contribution is 2.26. The molecular weight excluding hydrogens is 338 g/mol. The second-order valence-corrected chi connectivity index (χ2v) is 5.65. The molecule has 3 aromatic rings. The van der Waals surface area contributed by atoms with Crippen LogP contribution >= 0.6 is 12.2 Å². The fourth-order valence-corrected chi connectivity index (χ4v) is 2.49. The van der Waals surface area contributed by atoms with Crippen LogP contribution in [-0.4, -0.2) is 15.9 Å². The Morgan fingerprint density at radius 3 is 2.56 bits per heavy atom. The Bertz CT molecular complexity index is 1010. The van der Waals surface area contributed by atoms with Crippen molar-refractivity contribution in [2.24, 2.45) is 5.10 Å². The van der Waals surface area contributed by atoms with Gasteiger partial charge in [-0.25, -0.2) is 4.79 Å². The van der Waals surface area contributed by atoms with Gasteiger partial charge in [-0.1, -0.05) is 30.3 Å². The van der Waals surface area contributed by atoms with Crippen molar-refractivity contribution in [1.82, 2.24) is 5.43 Å². The molecule has 6 nitrogen and oxygen atoms in total. The molecule has 1 aromatic heterocycles. The van der Waals surface area contributed by atoms with E-state index in [2.05, 4.69) is 15.8 Å². The molecule has 3 N–H and O–H groups in total. The average Bonchev–Trinajstić information content (AvgIpc) is 2.61. The van der Waals surface area contributed by atoms with E-state index in [-0.39, 0.29) is 22.1 Å². The summed E-state index contributed by atoms with van der Waals surface area (Å²) in [5.41, 5.74) is 3.36. The summed E-state index contributed by atoms with van der Waals surface area (Å²) in [6.45, 7) is 1.58. The Morgan fingerprint density at radius 2 is 1.80 bits per heavy atom. The van der Waals surface area contributed by atoms with Crippen LogP contribution in [0.25, 0.3) is 11.0 Å². The Morgan fingerprint density at radius 1 is 1.12 bits per heavy atom. The standard InChI is InChI=1S/C18H15N3O3S/c1-11(20-21-18(25)19-12-7-3-2-4-8-12)15-16(22)13-9-5-6-10-14(13)24-17(15)23/h2-10,22H,1H3,(H2,19,21,25)/b20-11+. The number of benzene rings is 2. The van der Waals surface area contributed by atoms with Gasteiger partial charge in [0.25, 0.3) is 0 Å². The fraction of sp³-hybridized carbons (Fsp3) is 0.0556. The molecule has 2 aromatic carbocycles. The Labute approximate surface area is 148 Å². The van der Waals surface area contributed by atoms with Gasteiger partial charge in [-0.2, -0.15) is 5.10 Å². The van der Waals surface area contributed by atoms with Crippen LogP contribution in [0.2, 0.25) is 0 Å². The first-order valence-corrected chi connectivity index (χ1v) is 7.88. The number of hydrogen-bond donors (Lipinski definition) is 3. The summed E-state index contributed by atoms with van der Waals surface area (Å²) in [6, 6.07) is 16.1. The molecule has 0 aliphatic rings. The number of rotatable bonds is 3. The maximum absolute atomic E-state index is 12.1. The van der Waals surface area contributed by atoms with Crippen LogP contribution in [0.5, 0.6) is 5.75 Å². The minimum Gasteiger partial charge on any atom is -0.506 e. The van der Waals surface area contributed by atoms with Crippen LogP contribution in [0.3, 0.4) is 0 Å². The van der Waals surface area contributed by atoms with Crippen LogP contribution in [0.1, 0.15) is 12.5 Å². The van der Waals surface area contributed by atoms with E-state index in [0.717, 1.165) is 5.69 Å². The highest BCUT2D eigenvalue weighted by Gasteiger charge is 2.16. The Balaban J connectivity index is 1.84. The van der Waals surface area contributed by atoms with Crippen LogP contribution in [0.4, 0.5) is 5.69 Å². The highest BCUT2D eigenvalue weighted by atomic mass is 32.1. The second kappa shape index (κ2) is 7.14. The van der Waals surface area contributed by atoms with Crippen molar-refractivity contribution in [2.75, 3.05) is 5.32 Å². The summed E-state index contributed by atoms with van der Waals surface area (Å²) in [6.07, 6.45) is 0. The van der Waals surface area contributed by atoms with Crippen LogP contribution in [0.15, 0.2) is 68.9 Å². The van der Waals surface area contributed by atoms with Gasteiger partial charge >= 0.3 is 5.63 Å². The number of para-hydroxylation sites is 2. The zero-order chi connectivity index (χ0) is 17.8. The van der Waals surface area contributed by atoms with E-state index in [1.807, 2.05) is 30.3 Å². The number of thiocarbonyl (C=S) groups is 1. The molecule has 126 valence electrons. The minimum atomic E-state index is -0.666. The Hall–Kier alpha value is -3.19. The number of nitrogens with one attached hydrogen (secondary N) is 2. The molecule has 0 atom stereocenters. The highest BCUT2D eigenvalue weighted by molar-refractivity contribution is 7.80. The van der Waals surface area contributed by atoms with Gasteiger partial charge in [-0.05, 0) is 43.4 Å². The third kappa shape index (κ3) is 3.67. The van der Waals surface area contributed by atoms with Crippen LogP contribution in [0, 0.1) is 0 Å². The summed E-state index contributed by atoms with van der Waals surface area (Å²) in [4.78, 5) is 12.1. The fourth-order valence-electron chi connectivity index (χ4n) is 2.32. The molecule has 0 amide bonds. The molecule has 25 heavy (non-hydrogen) atoms. The number of hydrogen-bond acceptors (Lipinski definition) is 5. The molecule has 0 saturated heterocycles. The lowest BCUT2D eigenvalue weighted by molar-refractivity contribution is 0.466. The third-order valence-corrected chi connectivity index (χ3v) is 3.70. The lowest BCUT2D eigenvalue weighted by atomic mass is 10.1. The molecule has 7 heteroatoms. The first-order valence-electron chi connectivity index (χ1n) is 7.48. The largest absolute Gasteiger partial charge is 0.506 e. The van der Waals surface area contributed by atoms with E-state index in [4.69, 9.17) is 16.6 Å². The van der Waals surface area contributed by atoms with Crippen molar-refractivity contribution in [1.29, 1.82) is 0 Å². The summed E-state index contributed by atoms with van der Waals surface area (Å²) in [5.74, 6) is -0.170. The van der Waals surface area contributed by atoms with Gasteiger partial charge in [0.1, 0.15) is 16.9 Å². The van der Waals surface area contributed by atoms with Crippen molar-refractivity contribution in [2.45, 2.75) is 6.92 Å². The first kappa shape index (κ1) is 16.7. The molecule has 0 unspecified atom stereocenters. The molecule has 0 spiro atoms. The minimum absolute atomic E-state index is 0.00582. The summed E-state index contributed by atoms with van der Waals surface area (Å²) in [5, 5.41) is 18.1. The monoisotopic (exact) mass is 353 g/mol. The molecule has 3 rings (SSSR count). The predicted octanol–water partition coefficient (Wildman–Crippen LogP) is 3.21. The van der Waals surface area contributed by atoms with Gasteiger partial charge in [0.2, 0.25) is 0 Å². The molecule has 0 saturated carbocycles. The van der Waals surface area contributed by atoms with E-state index in [1.54, 1.807) is 31.2 Å². The number of nitrogens with zero attached hydrogens (tertiary/aromatic N) is 1. The summed E-state index contributed by atoms with van der Waals surface area (Å²) >= 11 is 5.15. The van der Waals surface area contributed by atoms with Gasteiger partial charge in [0, 0.05) is 5.69 Å². The molecule has 0 bridgehead atoms. The predicted molar refractivity (Wildman–Crippen MR) is 102 cm³/mol. The summed E-state index contributed by atoms with van der Waals surface area (Å²) < 4.78 is 5.22. The zero-order valence-corrected chi connectivity index (χ0v) is 14.1.